The molecule has 0 unspecified atom stereocenters. The van der Waals surface area contributed by atoms with Gasteiger partial charge in [-0.15, -0.1) is 0 Å². The lowest BCUT2D eigenvalue weighted by Gasteiger charge is -2.11. The lowest BCUT2D eigenvalue weighted by atomic mass is 10.2. The van der Waals surface area contributed by atoms with Crippen LogP contribution in [0.25, 0.3) is 0 Å². The van der Waals surface area contributed by atoms with E-state index in [4.69, 9.17) is 9.47 Å². The topological polar surface area (TPSA) is 59.6 Å². The molecule has 3 aromatic carbocycles. The normalized spacial score (nSPS) is 10.2. The van der Waals surface area contributed by atoms with Crippen molar-refractivity contribution in [1.29, 1.82) is 0 Å². The number of hydrogen-bond donors (Lipinski definition) is 2. The average molecular weight is 376 g/mol. The molecule has 0 saturated carbocycles. The van der Waals surface area contributed by atoms with Crippen molar-refractivity contribution >= 4 is 17.3 Å². The fourth-order valence-corrected chi connectivity index (χ4v) is 2.70. The number of ether oxygens (including phenoxy) is 2. The molecule has 0 fully saturated rings. The Labute approximate surface area is 165 Å². The summed E-state index contributed by atoms with van der Waals surface area (Å²) in [5, 5.41) is 6.18. The Morgan fingerprint density at radius 3 is 2.29 bits per heavy atom. The van der Waals surface area contributed by atoms with Crippen molar-refractivity contribution < 1.29 is 14.3 Å². The van der Waals surface area contributed by atoms with E-state index < -0.39 is 0 Å². The number of carbonyl (C=O) groups excluding carboxylic acids is 1. The standard InChI is InChI=1S/C23H24N2O3/c1-17-7-13-21(14-8-17)28-16-23(26)25-20-11-9-19(10-12-20)24-15-18-5-3-4-6-22(18)27-2/h3-14,24H,15-16H2,1-2H3,(H,25,26). The van der Waals surface area contributed by atoms with Crippen LogP contribution in [0.4, 0.5) is 11.4 Å². The van der Waals surface area contributed by atoms with Crippen LogP contribution in [-0.2, 0) is 11.3 Å². The third kappa shape index (κ3) is 5.51. The summed E-state index contributed by atoms with van der Waals surface area (Å²) in [7, 11) is 1.67. The Bertz CT molecular complexity index is 906. The first-order valence-electron chi connectivity index (χ1n) is 9.09. The van der Waals surface area contributed by atoms with E-state index in [2.05, 4.69) is 10.6 Å². The zero-order valence-corrected chi connectivity index (χ0v) is 16.1. The van der Waals surface area contributed by atoms with E-state index in [1.807, 2.05) is 79.7 Å². The Kier molecular flexibility index (Phi) is 6.52. The van der Waals surface area contributed by atoms with Crippen LogP contribution in [0, 0.1) is 6.92 Å². The molecule has 0 aliphatic heterocycles. The summed E-state index contributed by atoms with van der Waals surface area (Å²) in [6.45, 7) is 2.63. The number of rotatable bonds is 8. The van der Waals surface area contributed by atoms with Gasteiger partial charge in [-0.05, 0) is 49.4 Å². The highest BCUT2D eigenvalue weighted by molar-refractivity contribution is 5.92. The second-order valence-electron chi connectivity index (χ2n) is 6.39. The molecule has 3 rings (SSSR count). The van der Waals surface area contributed by atoms with Crippen LogP contribution in [0.1, 0.15) is 11.1 Å². The summed E-state index contributed by atoms with van der Waals surface area (Å²) in [6, 6.07) is 23.0. The smallest absolute Gasteiger partial charge is 0.262 e. The summed E-state index contributed by atoms with van der Waals surface area (Å²) in [4.78, 5) is 12.1. The van der Waals surface area contributed by atoms with E-state index >= 15 is 0 Å². The van der Waals surface area contributed by atoms with Crippen molar-refractivity contribution in [2.24, 2.45) is 0 Å². The zero-order valence-electron chi connectivity index (χ0n) is 16.1. The largest absolute Gasteiger partial charge is 0.496 e. The monoisotopic (exact) mass is 376 g/mol. The summed E-state index contributed by atoms with van der Waals surface area (Å²) in [6.07, 6.45) is 0. The second-order valence-corrected chi connectivity index (χ2v) is 6.39. The summed E-state index contributed by atoms with van der Waals surface area (Å²) in [5.41, 5.74) is 3.91. The maximum atomic E-state index is 12.1. The van der Waals surface area contributed by atoms with Gasteiger partial charge < -0.3 is 20.1 Å². The lowest BCUT2D eigenvalue weighted by Crippen LogP contribution is -2.20. The molecular formula is C23H24N2O3. The highest BCUT2D eigenvalue weighted by Gasteiger charge is 2.05. The van der Waals surface area contributed by atoms with Crippen LogP contribution >= 0.6 is 0 Å². The second kappa shape index (κ2) is 9.46. The van der Waals surface area contributed by atoms with E-state index in [1.165, 1.54) is 0 Å². The molecule has 3 aromatic rings. The number of anilines is 2. The summed E-state index contributed by atoms with van der Waals surface area (Å²) >= 11 is 0. The molecule has 0 aliphatic rings. The van der Waals surface area contributed by atoms with E-state index in [0.717, 1.165) is 28.3 Å². The number of nitrogens with one attached hydrogen (secondary N) is 2. The third-order valence-electron chi connectivity index (χ3n) is 4.24. The molecule has 144 valence electrons. The van der Waals surface area contributed by atoms with Crippen LogP contribution in [0.5, 0.6) is 11.5 Å². The van der Waals surface area contributed by atoms with Gasteiger partial charge in [-0.2, -0.15) is 0 Å². The molecule has 0 bridgehead atoms. The zero-order chi connectivity index (χ0) is 19.8. The fourth-order valence-electron chi connectivity index (χ4n) is 2.70. The van der Waals surface area contributed by atoms with E-state index in [0.29, 0.717) is 12.3 Å². The molecule has 0 atom stereocenters. The van der Waals surface area contributed by atoms with E-state index in [-0.39, 0.29) is 12.5 Å². The minimum absolute atomic E-state index is 0.0309. The minimum Gasteiger partial charge on any atom is -0.496 e. The minimum atomic E-state index is -0.199. The van der Waals surface area contributed by atoms with Crippen LogP contribution in [0.2, 0.25) is 0 Å². The fraction of sp³-hybridized carbons (Fsp3) is 0.174. The first-order valence-corrected chi connectivity index (χ1v) is 9.09. The van der Waals surface area contributed by atoms with Crippen LogP contribution in [-0.4, -0.2) is 19.6 Å². The molecule has 0 spiro atoms. The van der Waals surface area contributed by atoms with Gasteiger partial charge >= 0.3 is 0 Å². The number of amides is 1. The van der Waals surface area contributed by atoms with Gasteiger partial charge in [0.1, 0.15) is 11.5 Å². The van der Waals surface area contributed by atoms with Gasteiger partial charge in [0.05, 0.1) is 7.11 Å². The van der Waals surface area contributed by atoms with Gasteiger partial charge in [0.15, 0.2) is 6.61 Å². The molecule has 5 nitrogen and oxygen atoms in total. The van der Waals surface area contributed by atoms with Crippen molar-refractivity contribution in [3.05, 3.63) is 83.9 Å². The maximum Gasteiger partial charge on any atom is 0.262 e. The van der Waals surface area contributed by atoms with E-state index in [9.17, 15) is 4.79 Å². The van der Waals surface area contributed by atoms with Crippen molar-refractivity contribution in [1.82, 2.24) is 0 Å². The molecule has 28 heavy (non-hydrogen) atoms. The predicted molar refractivity (Wildman–Crippen MR) is 112 cm³/mol. The molecule has 0 radical (unpaired) electrons. The number of carbonyl (C=O) groups is 1. The summed E-state index contributed by atoms with van der Waals surface area (Å²) in [5.74, 6) is 1.33. The highest BCUT2D eigenvalue weighted by atomic mass is 16.5. The molecule has 0 aliphatic carbocycles. The van der Waals surface area contributed by atoms with Crippen LogP contribution in [0.3, 0.4) is 0 Å². The molecule has 0 heterocycles. The highest BCUT2D eigenvalue weighted by Crippen LogP contribution is 2.20. The molecular weight excluding hydrogens is 352 g/mol. The third-order valence-corrected chi connectivity index (χ3v) is 4.24. The molecule has 0 aromatic heterocycles. The van der Waals surface area contributed by atoms with Crippen molar-refractivity contribution in [3.63, 3.8) is 0 Å². The van der Waals surface area contributed by atoms with Gasteiger partial charge in [-0.25, -0.2) is 0 Å². The first kappa shape index (κ1) is 19.3. The quantitative estimate of drug-likeness (QED) is 0.602. The van der Waals surface area contributed by atoms with Crippen LogP contribution in [0.15, 0.2) is 72.8 Å². The van der Waals surface area contributed by atoms with Crippen molar-refractivity contribution in [3.8, 4) is 11.5 Å². The van der Waals surface area contributed by atoms with Gasteiger partial charge in [0, 0.05) is 23.5 Å². The summed E-state index contributed by atoms with van der Waals surface area (Å²) < 4.78 is 10.8. The Hall–Kier alpha value is -3.47. The van der Waals surface area contributed by atoms with Gasteiger partial charge in [-0.3, -0.25) is 4.79 Å². The SMILES string of the molecule is COc1ccccc1CNc1ccc(NC(=O)COc2ccc(C)cc2)cc1. The number of hydrogen-bond acceptors (Lipinski definition) is 4. The number of methoxy groups -OCH3 is 1. The number of benzene rings is 3. The van der Waals surface area contributed by atoms with Crippen LogP contribution < -0.4 is 20.1 Å². The van der Waals surface area contributed by atoms with Gasteiger partial charge in [0.2, 0.25) is 0 Å². The molecule has 1 amide bonds. The molecule has 0 saturated heterocycles. The number of aryl methyl sites for hydroxylation is 1. The Morgan fingerprint density at radius 1 is 0.893 bits per heavy atom. The Balaban J connectivity index is 1.48. The Morgan fingerprint density at radius 2 is 1.57 bits per heavy atom. The van der Waals surface area contributed by atoms with Crippen molar-refractivity contribution in [2.45, 2.75) is 13.5 Å². The first-order chi connectivity index (χ1) is 13.6. The molecule has 5 heteroatoms. The number of para-hydroxylation sites is 1. The van der Waals surface area contributed by atoms with E-state index in [1.54, 1.807) is 7.11 Å². The molecule has 2 N–H and O–H groups in total. The van der Waals surface area contributed by atoms with Gasteiger partial charge in [0.25, 0.3) is 5.91 Å². The average Bonchev–Trinajstić information content (AvgIpc) is 2.73. The van der Waals surface area contributed by atoms with Crippen molar-refractivity contribution in [2.75, 3.05) is 24.4 Å². The lowest BCUT2D eigenvalue weighted by molar-refractivity contribution is -0.118. The van der Waals surface area contributed by atoms with Gasteiger partial charge in [-0.1, -0.05) is 35.9 Å². The predicted octanol–water partition coefficient (Wildman–Crippen LogP) is 4.63. The maximum absolute atomic E-state index is 12.1.